The molecule has 2 N–H and O–H groups in total. The maximum absolute atomic E-state index is 10.9. The highest BCUT2D eigenvalue weighted by atomic mass is 16.1. The van der Waals surface area contributed by atoms with Crippen LogP contribution in [0.25, 0.3) is 0 Å². The SMILES string of the molecule is CC(=O)CNc1cc(NCC2CCCC2)ncn1. The Morgan fingerprint density at radius 3 is 2.61 bits per heavy atom. The molecule has 0 radical (unpaired) electrons. The third-order valence-electron chi connectivity index (χ3n) is 3.23. The fraction of sp³-hybridized carbons (Fsp3) is 0.615. The van der Waals surface area contributed by atoms with Gasteiger partial charge in [0.1, 0.15) is 23.7 Å². The van der Waals surface area contributed by atoms with E-state index in [-0.39, 0.29) is 5.78 Å². The number of carbonyl (C=O) groups excluding carboxylic acids is 1. The first-order valence-electron chi connectivity index (χ1n) is 6.53. The van der Waals surface area contributed by atoms with Crippen LogP contribution >= 0.6 is 0 Å². The van der Waals surface area contributed by atoms with E-state index in [1.54, 1.807) is 6.92 Å². The second-order valence-corrected chi connectivity index (χ2v) is 4.88. The largest absolute Gasteiger partial charge is 0.370 e. The standard InChI is InChI=1S/C13H20N4O/c1-10(18)7-14-12-6-13(17-9-16-12)15-8-11-4-2-3-5-11/h6,9,11H,2-5,7-8H2,1H3,(H2,14,15,16,17). The minimum Gasteiger partial charge on any atom is -0.370 e. The topological polar surface area (TPSA) is 66.9 Å². The highest BCUT2D eigenvalue weighted by molar-refractivity contribution is 5.80. The fourth-order valence-corrected chi connectivity index (χ4v) is 2.23. The maximum atomic E-state index is 10.9. The van der Waals surface area contributed by atoms with Crippen LogP contribution in [0.2, 0.25) is 0 Å². The van der Waals surface area contributed by atoms with E-state index < -0.39 is 0 Å². The monoisotopic (exact) mass is 248 g/mol. The van der Waals surface area contributed by atoms with Crippen molar-refractivity contribution in [2.45, 2.75) is 32.6 Å². The Morgan fingerprint density at radius 1 is 1.28 bits per heavy atom. The summed E-state index contributed by atoms with van der Waals surface area (Å²) < 4.78 is 0. The fourth-order valence-electron chi connectivity index (χ4n) is 2.23. The van der Waals surface area contributed by atoms with E-state index in [1.807, 2.05) is 6.07 Å². The molecular weight excluding hydrogens is 228 g/mol. The van der Waals surface area contributed by atoms with Gasteiger partial charge in [-0.3, -0.25) is 4.79 Å². The summed E-state index contributed by atoms with van der Waals surface area (Å²) in [6, 6.07) is 1.85. The molecule has 2 rings (SSSR count). The molecule has 0 spiro atoms. The second kappa shape index (κ2) is 6.33. The number of ketones is 1. The third kappa shape index (κ3) is 3.98. The minimum absolute atomic E-state index is 0.0917. The molecule has 98 valence electrons. The molecule has 0 aromatic carbocycles. The summed E-state index contributed by atoms with van der Waals surface area (Å²) in [5.74, 6) is 2.37. The maximum Gasteiger partial charge on any atom is 0.148 e. The van der Waals surface area contributed by atoms with Crippen LogP contribution in [0.5, 0.6) is 0 Å². The van der Waals surface area contributed by atoms with Gasteiger partial charge < -0.3 is 10.6 Å². The molecule has 0 bridgehead atoms. The molecule has 5 nitrogen and oxygen atoms in total. The molecule has 0 saturated heterocycles. The average molecular weight is 248 g/mol. The first-order valence-corrected chi connectivity index (χ1v) is 6.53. The summed E-state index contributed by atoms with van der Waals surface area (Å²) >= 11 is 0. The first-order chi connectivity index (χ1) is 8.74. The van der Waals surface area contributed by atoms with Crippen LogP contribution in [-0.4, -0.2) is 28.8 Å². The van der Waals surface area contributed by atoms with Crippen molar-refractivity contribution in [2.75, 3.05) is 23.7 Å². The molecule has 1 aliphatic rings. The van der Waals surface area contributed by atoms with Gasteiger partial charge in [0.25, 0.3) is 0 Å². The third-order valence-corrected chi connectivity index (χ3v) is 3.23. The number of rotatable bonds is 6. The smallest absolute Gasteiger partial charge is 0.148 e. The van der Waals surface area contributed by atoms with Gasteiger partial charge in [0.2, 0.25) is 0 Å². The van der Waals surface area contributed by atoms with E-state index in [2.05, 4.69) is 20.6 Å². The summed E-state index contributed by atoms with van der Waals surface area (Å²) in [4.78, 5) is 19.1. The molecule has 1 aromatic rings. The van der Waals surface area contributed by atoms with Gasteiger partial charge in [-0.25, -0.2) is 9.97 Å². The van der Waals surface area contributed by atoms with Gasteiger partial charge in [0.05, 0.1) is 6.54 Å². The zero-order valence-electron chi connectivity index (χ0n) is 10.8. The van der Waals surface area contributed by atoms with E-state index in [1.165, 1.54) is 32.0 Å². The van der Waals surface area contributed by atoms with Crippen molar-refractivity contribution in [1.29, 1.82) is 0 Å². The lowest BCUT2D eigenvalue weighted by Crippen LogP contribution is -2.14. The number of nitrogens with zero attached hydrogens (tertiary/aromatic N) is 2. The number of nitrogens with one attached hydrogen (secondary N) is 2. The Morgan fingerprint density at radius 2 is 1.94 bits per heavy atom. The van der Waals surface area contributed by atoms with Crippen molar-refractivity contribution in [3.63, 3.8) is 0 Å². The van der Waals surface area contributed by atoms with Crippen molar-refractivity contribution >= 4 is 17.4 Å². The van der Waals surface area contributed by atoms with Crippen molar-refractivity contribution in [3.05, 3.63) is 12.4 Å². The van der Waals surface area contributed by atoms with Crippen LogP contribution in [0, 0.1) is 5.92 Å². The van der Waals surface area contributed by atoms with Gasteiger partial charge >= 0.3 is 0 Å². The zero-order valence-corrected chi connectivity index (χ0v) is 10.8. The summed E-state index contributed by atoms with van der Waals surface area (Å²) in [5.41, 5.74) is 0. The molecule has 1 aromatic heterocycles. The number of hydrogen-bond donors (Lipinski definition) is 2. The lowest BCUT2D eigenvalue weighted by Gasteiger charge is -2.11. The Bertz CT molecular complexity index is 402. The van der Waals surface area contributed by atoms with E-state index in [0.717, 1.165) is 18.3 Å². The second-order valence-electron chi connectivity index (χ2n) is 4.88. The Labute approximate surface area is 107 Å². The van der Waals surface area contributed by atoms with Gasteiger partial charge in [-0.1, -0.05) is 12.8 Å². The Kier molecular flexibility index (Phi) is 4.50. The van der Waals surface area contributed by atoms with E-state index >= 15 is 0 Å². The molecule has 5 heteroatoms. The van der Waals surface area contributed by atoms with Gasteiger partial charge in [-0.2, -0.15) is 0 Å². The average Bonchev–Trinajstić information content (AvgIpc) is 2.87. The lowest BCUT2D eigenvalue weighted by atomic mass is 10.1. The normalized spacial score (nSPS) is 15.6. The zero-order chi connectivity index (χ0) is 12.8. The molecule has 0 atom stereocenters. The molecule has 1 aliphatic carbocycles. The lowest BCUT2D eigenvalue weighted by molar-refractivity contribution is -0.115. The number of hydrogen-bond acceptors (Lipinski definition) is 5. The number of Topliss-reactive ketones (excluding diaryl/α,β-unsaturated/α-hetero) is 1. The van der Waals surface area contributed by atoms with Crippen molar-refractivity contribution < 1.29 is 4.79 Å². The minimum atomic E-state index is 0.0917. The molecule has 0 aliphatic heterocycles. The van der Waals surface area contributed by atoms with Crippen LogP contribution in [0.3, 0.4) is 0 Å². The first kappa shape index (κ1) is 12.8. The molecule has 1 saturated carbocycles. The van der Waals surface area contributed by atoms with Crippen molar-refractivity contribution in [1.82, 2.24) is 9.97 Å². The molecule has 1 fully saturated rings. The van der Waals surface area contributed by atoms with Gasteiger partial charge in [-0.15, -0.1) is 0 Å². The molecule has 0 unspecified atom stereocenters. The molecule has 18 heavy (non-hydrogen) atoms. The number of aromatic nitrogens is 2. The van der Waals surface area contributed by atoms with Gasteiger partial charge in [-0.05, 0) is 25.7 Å². The molecular formula is C13H20N4O. The van der Waals surface area contributed by atoms with E-state index in [9.17, 15) is 4.79 Å². The van der Waals surface area contributed by atoms with E-state index in [0.29, 0.717) is 12.4 Å². The Balaban J connectivity index is 1.84. The summed E-state index contributed by atoms with van der Waals surface area (Å²) in [6.07, 6.45) is 6.84. The van der Waals surface area contributed by atoms with Crippen molar-refractivity contribution in [3.8, 4) is 0 Å². The highest BCUT2D eigenvalue weighted by Crippen LogP contribution is 2.24. The van der Waals surface area contributed by atoms with Crippen LogP contribution < -0.4 is 10.6 Å². The summed E-state index contributed by atoms with van der Waals surface area (Å²) in [5, 5.41) is 6.31. The predicted molar refractivity (Wildman–Crippen MR) is 71.7 cm³/mol. The quantitative estimate of drug-likeness (QED) is 0.806. The van der Waals surface area contributed by atoms with Gasteiger partial charge in [0, 0.05) is 12.6 Å². The molecule has 1 heterocycles. The van der Waals surface area contributed by atoms with Gasteiger partial charge in [0.15, 0.2) is 0 Å². The summed E-state index contributed by atoms with van der Waals surface area (Å²) in [7, 11) is 0. The van der Waals surface area contributed by atoms with Crippen LogP contribution in [0.1, 0.15) is 32.6 Å². The van der Waals surface area contributed by atoms with Crippen LogP contribution in [-0.2, 0) is 4.79 Å². The number of anilines is 2. The molecule has 0 amide bonds. The van der Waals surface area contributed by atoms with Crippen LogP contribution in [0.15, 0.2) is 12.4 Å². The predicted octanol–water partition coefficient (Wildman–Crippen LogP) is 2.08. The van der Waals surface area contributed by atoms with Crippen LogP contribution in [0.4, 0.5) is 11.6 Å². The summed E-state index contributed by atoms with van der Waals surface area (Å²) in [6.45, 7) is 2.83. The Hall–Kier alpha value is -1.65. The van der Waals surface area contributed by atoms with Crippen molar-refractivity contribution in [2.24, 2.45) is 5.92 Å². The van der Waals surface area contributed by atoms with E-state index in [4.69, 9.17) is 0 Å². The number of carbonyl (C=O) groups is 1. The highest BCUT2D eigenvalue weighted by Gasteiger charge is 2.14.